The molecule has 15 heavy (non-hydrogen) atoms. The fourth-order valence-electron chi connectivity index (χ4n) is 2.05. The van der Waals surface area contributed by atoms with Gasteiger partial charge in [0.2, 0.25) is 0 Å². The summed E-state index contributed by atoms with van der Waals surface area (Å²) in [5.41, 5.74) is 8.51. The van der Waals surface area contributed by atoms with E-state index in [4.69, 9.17) is 5.73 Å². The maximum atomic E-state index is 5.71. The maximum Gasteiger partial charge on any atom is 3.00 e. The van der Waals surface area contributed by atoms with Crippen LogP contribution in [-0.4, -0.2) is 37.0 Å². The Labute approximate surface area is 120 Å². The molecular formula is C11H20AlLiN2. The summed E-state index contributed by atoms with van der Waals surface area (Å²) in [6.45, 7) is 0.755. The van der Waals surface area contributed by atoms with Crippen LogP contribution >= 0.6 is 0 Å². The molecular weight excluding hydrogens is 194 g/mol. The van der Waals surface area contributed by atoms with Crippen LogP contribution in [0.5, 0.6) is 0 Å². The van der Waals surface area contributed by atoms with E-state index >= 15 is 0 Å². The SMILES string of the molecule is CN1c2ccccc2CCC1CN.[Al+3].[H-].[H-].[H-].[H-].[Li+]. The number of anilines is 1. The minimum atomic E-state index is 0. The van der Waals surface area contributed by atoms with Gasteiger partial charge in [0, 0.05) is 25.3 Å². The van der Waals surface area contributed by atoms with Crippen LogP contribution in [0.3, 0.4) is 0 Å². The van der Waals surface area contributed by atoms with Crippen molar-refractivity contribution in [2.75, 3.05) is 18.5 Å². The molecule has 1 aliphatic heterocycles. The van der Waals surface area contributed by atoms with Gasteiger partial charge in [0.25, 0.3) is 0 Å². The first-order valence-electron chi connectivity index (χ1n) is 4.83. The number of aryl methyl sites for hydroxylation is 1. The predicted molar refractivity (Wildman–Crippen MR) is 66.2 cm³/mol. The van der Waals surface area contributed by atoms with Crippen LogP contribution in [0.1, 0.15) is 17.7 Å². The third-order valence-electron chi connectivity index (χ3n) is 2.94. The van der Waals surface area contributed by atoms with Crippen LogP contribution in [0.25, 0.3) is 0 Å². The standard InChI is InChI=1S/C11H16N2.Al.Li.4H/c1-13-10(8-12)7-6-9-4-2-3-5-11(9)13;;;;;;/h2-5,10H,6-8,12H2,1H3;;;;;;/q;+3;+1;4*-1. The van der Waals surface area contributed by atoms with Crippen LogP contribution in [0.2, 0.25) is 0 Å². The summed E-state index contributed by atoms with van der Waals surface area (Å²) in [6, 6.07) is 9.11. The van der Waals surface area contributed by atoms with Crippen LogP contribution < -0.4 is 29.5 Å². The Bertz CT molecular complexity index is 321. The molecule has 1 heterocycles. The van der Waals surface area contributed by atoms with E-state index in [9.17, 15) is 0 Å². The normalized spacial score (nSPS) is 18.5. The zero-order valence-electron chi connectivity index (χ0n) is 13.6. The molecule has 0 fully saturated rings. The monoisotopic (exact) mass is 214 g/mol. The molecule has 1 atom stereocenters. The van der Waals surface area contributed by atoms with Crippen LogP contribution in [0.15, 0.2) is 24.3 Å². The predicted octanol–water partition coefficient (Wildman–Crippen LogP) is -1.53. The quantitative estimate of drug-likeness (QED) is 0.575. The van der Waals surface area contributed by atoms with Gasteiger partial charge in [-0.15, -0.1) is 0 Å². The van der Waals surface area contributed by atoms with Crippen molar-refractivity contribution in [1.82, 2.24) is 0 Å². The second kappa shape index (κ2) is 6.64. The minimum absolute atomic E-state index is 0. The Morgan fingerprint density at radius 3 is 2.80 bits per heavy atom. The maximum absolute atomic E-state index is 5.71. The average molecular weight is 214 g/mol. The van der Waals surface area contributed by atoms with Gasteiger partial charge in [-0.25, -0.2) is 0 Å². The fourth-order valence-corrected chi connectivity index (χ4v) is 2.05. The number of para-hydroxylation sites is 1. The molecule has 0 amide bonds. The summed E-state index contributed by atoms with van der Waals surface area (Å²) < 4.78 is 0. The molecule has 2 N–H and O–H groups in total. The van der Waals surface area contributed by atoms with E-state index in [2.05, 4.69) is 36.2 Å². The Hall–Kier alpha value is 0.110. The molecule has 0 saturated carbocycles. The molecule has 0 bridgehead atoms. The molecule has 1 aliphatic rings. The molecule has 78 valence electrons. The average Bonchev–Trinajstić information content (AvgIpc) is 2.19. The van der Waals surface area contributed by atoms with Crippen molar-refractivity contribution in [3.05, 3.63) is 29.8 Å². The third-order valence-corrected chi connectivity index (χ3v) is 2.94. The zero-order chi connectivity index (χ0) is 9.26. The van der Waals surface area contributed by atoms with Crippen LogP contribution in [-0.2, 0) is 6.42 Å². The largest absolute Gasteiger partial charge is 3.00 e. The Morgan fingerprint density at radius 2 is 2.13 bits per heavy atom. The number of likely N-dealkylation sites (N-methyl/N-ethyl adjacent to an activating group) is 1. The molecule has 1 aromatic rings. The molecule has 1 unspecified atom stereocenters. The van der Waals surface area contributed by atoms with Crippen LogP contribution in [0, 0.1) is 0 Å². The summed E-state index contributed by atoms with van der Waals surface area (Å²) in [4.78, 5) is 2.30. The molecule has 0 aromatic heterocycles. The van der Waals surface area contributed by atoms with Gasteiger partial charge in [-0.05, 0) is 24.5 Å². The number of fused-ring (bicyclic) bond motifs is 1. The number of benzene rings is 1. The number of rotatable bonds is 1. The van der Waals surface area contributed by atoms with Gasteiger partial charge in [-0.2, -0.15) is 0 Å². The Morgan fingerprint density at radius 1 is 1.47 bits per heavy atom. The first-order valence-corrected chi connectivity index (χ1v) is 4.83. The molecule has 1 aromatic carbocycles. The number of nitrogens with two attached hydrogens (primary N) is 1. The Balaban J connectivity index is -0.000000109. The zero-order valence-corrected chi connectivity index (χ0v) is 10.8. The third kappa shape index (κ3) is 3.04. The molecule has 0 saturated heterocycles. The van der Waals surface area contributed by atoms with Gasteiger partial charge < -0.3 is 16.3 Å². The molecule has 0 spiro atoms. The van der Waals surface area contributed by atoms with Crippen molar-refractivity contribution in [2.24, 2.45) is 5.73 Å². The molecule has 2 rings (SSSR count). The van der Waals surface area contributed by atoms with Crippen molar-refractivity contribution in [3.8, 4) is 0 Å². The second-order valence-electron chi connectivity index (χ2n) is 3.67. The van der Waals surface area contributed by atoms with Crippen molar-refractivity contribution in [2.45, 2.75) is 18.9 Å². The molecule has 0 aliphatic carbocycles. The first kappa shape index (κ1) is 15.1. The molecule has 4 heteroatoms. The summed E-state index contributed by atoms with van der Waals surface area (Å²) >= 11 is 0. The van der Waals surface area contributed by atoms with Crippen molar-refractivity contribution >= 4 is 23.0 Å². The van der Waals surface area contributed by atoms with Gasteiger partial charge in [0.15, 0.2) is 0 Å². The van der Waals surface area contributed by atoms with E-state index < -0.39 is 0 Å². The number of hydrogen-bond donors (Lipinski definition) is 1. The van der Waals surface area contributed by atoms with Gasteiger partial charge in [0.1, 0.15) is 0 Å². The topological polar surface area (TPSA) is 29.3 Å². The number of hydrogen-bond acceptors (Lipinski definition) is 2. The van der Waals surface area contributed by atoms with Gasteiger partial charge in [0.05, 0.1) is 0 Å². The van der Waals surface area contributed by atoms with Crippen molar-refractivity contribution < 1.29 is 24.6 Å². The van der Waals surface area contributed by atoms with E-state index in [0.717, 1.165) is 6.54 Å². The Kier molecular flexibility index (Phi) is 6.69. The van der Waals surface area contributed by atoms with E-state index in [1.54, 1.807) is 0 Å². The summed E-state index contributed by atoms with van der Waals surface area (Å²) in [7, 11) is 2.13. The van der Waals surface area contributed by atoms with Crippen LogP contribution in [0.4, 0.5) is 5.69 Å². The summed E-state index contributed by atoms with van der Waals surface area (Å²) in [6.07, 6.45) is 2.35. The van der Waals surface area contributed by atoms with E-state index in [0.29, 0.717) is 6.04 Å². The van der Waals surface area contributed by atoms with Crippen molar-refractivity contribution in [3.63, 3.8) is 0 Å². The van der Waals surface area contributed by atoms with E-state index in [1.165, 1.54) is 24.1 Å². The van der Waals surface area contributed by atoms with Crippen molar-refractivity contribution in [1.29, 1.82) is 0 Å². The summed E-state index contributed by atoms with van der Waals surface area (Å²) in [5, 5.41) is 0. The number of nitrogens with zero attached hydrogens (tertiary/aromatic N) is 1. The summed E-state index contributed by atoms with van der Waals surface area (Å²) in [5.74, 6) is 0. The molecule has 0 radical (unpaired) electrons. The van der Waals surface area contributed by atoms with Gasteiger partial charge >= 0.3 is 36.2 Å². The fraction of sp³-hybridized carbons (Fsp3) is 0.455. The second-order valence-corrected chi connectivity index (χ2v) is 3.67. The van der Waals surface area contributed by atoms with E-state index in [1.807, 2.05) is 0 Å². The van der Waals surface area contributed by atoms with Gasteiger partial charge in [-0.3, -0.25) is 0 Å². The molecule has 2 nitrogen and oxygen atoms in total. The van der Waals surface area contributed by atoms with Gasteiger partial charge in [-0.1, -0.05) is 18.2 Å². The smallest absolute Gasteiger partial charge is 1.00 e. The first-order chi connectivity index (χ1) is 6.33. The van der Waals surface area contributed by atoms with E-state index in [-0.39, 0.29) is 41.9 Å². The minimum Gasteiger partial charge on any atom is -1.00 e.